The molecule has 0 bridgehead atoms. The topological polar surface area (TPSA) is 130 Å². The normalized spacial score (nSPS) is 24.4. The highest BCUT2D eigenvalue weighted by Gasteiger charge is 2.50. The van der Waals surface area contributed by atoms with Crippen LogP contribution in [0.2, 0.25) is 0 Å². The average Bonchev–Trinajstić information content (AvgIpc) is 3.67. The van der Waals surface area contributed by atoms with Crippen molar-refractivity contribution in [2.45, 2.75) is 88.1 Å². The molecule has 0 amide bonds. The summed E-state index contributed by atoms with van der Waals surface area (Å²) < 4.78 is 84.3. The number of hydrogen-bond acceptors (Lipinski definition) is 11. The summed E-state index contributed by atoms with van der Waals surface area (Å²) in [5.74, 6) is 0.166. The zero-order valence-corrected chi connectivity index (χ0v) is 31.7. The van der Waals surface area contributed by atoms with E-state index >= 15 is 8.78 Å². The number of terminal acetylenes is 1. The largest absolute Gasteiger partial charge is 0.508 e. The summed E-state index contributed by atoms with van der Waals surface area (Å²) in [4.78, 5) is 23.6. The summed E-state index contributed by atoms with van der Waals surface area (Å²) in [7, 11) is 0. The summed E-state index contributed by atoms with van der Waals surface area (Å²) in [5.41, 5.74) is 0.0347. The van der Waals surface area contributed by atoms with Crippen LogP contribution in [-0.4, -0.2) is 84.9 Å². The van der Waals surface area contributed by atoms with Crippen LogP contribution in [0, 0.1) is 29.9 Å². The van der Waals surface area contributed by atoms with Crippen LogP contribution in [0.4, 0.5) is 27.8 Å². The van der Waals surface area contributed by atoms with Crippen molar-refractivity contribution in [3.8, 4) is 41.2 Å². The Hall–Kier alpha value is -5.40. The quantitative estimate of drug-likeness (QED) is 0.109. The Bertz CT molecular complexity index is 2460. The van der Waals surface area contributed by atoms with E-state index < -0.39 is 29.2 Å². The lowest BCUT2D eigenvalue weighted by atomic mass is 9.95. The monoisotopic (exact) mass is 800 g/mol. The Morgan fingerprint density at radius 2 is 1.91 bits per heavy atom. The SMILES string of the molecule is C#Cc1c(F)ccc2cc(O)cc(-c3nc4c5c(nc(OC[C@@]67CCCN6[C@H](COc6ccnc(C(F)(F)F)n6)CC7)nc5c3F)NC[C@@H](CC)N[C@H]3C[C@@H]3CC4)c12. The molecule has 302 valence electrons. The molecular formula is C42H41F5N8O3. The van der Waals surface area contributed by atoms with Gasteiger partial charge in [-0.25, -0.2) is 18.7 Å². The van der Waals surface area contributed by atoms with Crippen LogP contribution in [0.1, 0.15) is 69.0 Å². The number of alkyl halides is 3. The molecule has 4 aliphatic rings. The fraction of sp³-hybridized carbons (Fsp3) is 0.452. The third-order valence-corrected chi connectivity index (χ3v) is 12.2. The lowest BCUT2D eigenvalue weighted by Crippen LogP contribution is -2.48. The fourth-order valence-electron chi connectivity index (χ4n) is 9.19. The van der Waals surface area contributed by atoms with Crippen molar-refractivity contribution in [1.82, 2.24) is 35.1 Å². The van der Waals surface area contributed by atoms with Crippen molar-refractivity contribution in [2.75, 3.05) is 31.6 Å². The number of aromatic nitrogens is 5. The molecule has 5 aromatic rings. The Balaban J connectivity index is 1.08. The van der Waals surface area contributed by atoms with E-state index in [2.05, 4.69) is 38.3 Å². The number of ether oxygens (including phenoxy) is 2. The van der Waals surface area contributed by atoms with E-state index in [4.69, 9.17) is 30.8 Å². The van der Waals surface area contributed by atoms with Crippen molar-refractivity contribution in [3.05, 3.63) is 65.2 Å². The molecule has 0 unspecified atom stereocenters. The standard InChI is InChI=1S/C42H41F5N8O3/c1-3-24-19-49-38-34-30(9-7-22-17-31(22)50-24)51-36(28-18-26(56)16-23-6-8-29(43)27(4-2)33(23)28)35(44)37(34)53-40(54-38)58-21-41-12-5-15-55(41)25(10-13-41)20-57-32-11-14-48-39(52-32)42(45,46)47/h2,6,8,11,14,16,18,22,24-25,31,50,56H,3,5,7,9-10,12-13,15,17,19-21H2,1H3,(H,49,53,54)/t22-,24+,25-,31-,41-/m0/s1. The van der Waals surface area contributed by atoms with Gasteiger partial charge in [-0.15, -0.1) is 6.42 Å². The molecule has 1 saturated carbocycles. The Labute approximate surface area is 330 Å². The molecule has 3 aromatic heterocycles. The van der Waals surface area contributed by atoms with Crippen LogP contribution in [0.3, 0.4) is 0 Å². The molecule has 3 fully saturated rings. The molecule has 6 heterocycles. The molecule has 2 saturated heterocycles. The zero-order chi connectivity index (χ0) is 40.3. The second-order valence-electron chi connectivity index (χ2n) is 15.8. The predicted octanol–water partition coefficient (Wildman–Crippen LogP) is 7.19. The highest BCUT2D eigenvalue weighted by Crippen LogP contribution is 2.44. The second kappa shape index (κ2) is 14.8. The summed E-state index contributed by atoms with van der Waals surface area (Å²) in [6.07, 6.45) is 8.39. The molecule has 11 nitrogen and oxygen atoms in total. The third-order valence-electron chi connectivity index (χ3n) is 12.2. The molecule has 16 heteroatoms. The highest BCUT2D eigenvalue weighted by molar-refractivity contribution is 6.03. The smallest absolute Gasteiger partial charge is 0.451 e. The van der Waals surface area contributed by atoms with Gasteiger partial charge in [0.05, 0.1) is 22.2 Å². The highest BCUT2D eigenvalue weighted by atomic mass is 19.4. The van der Waals surface area contributed by atoms with Gasteiger partial charge in [-0.05, 0) is 87.4 Å². The number of aryl methyl sites for hydroxylation is 1. The number of halogens is 5. The average molecular weight is 801 g/mol. The van der Waals surface area contributed by atoms with Crippen molar-refractivity contribution >= 4 is 27.5 Å². The Kier molecular flexibility index (Phi) is 9.71. The van der Waals surface area contributed by atoms with Gasteiger partial charge >= 0.3 is 12.2 Å². The van der Waals surface area contributed by atoms with E-state index in [1.807, 2.05) is 0 Å². The molecule has 3 N–H and O–H groups in total. The second-order valence-corrected chi connectivity index (χ2v) is 15.8. The Morgan fingerprint density at radius 3 is 2.72 bits per heavy atom. The van der Waals surface area contributed by atoms with Gasteiger partial charge in [0.25, 0.3) is 0 Å². The van der Waals surface area contributed by atoms with Crippen molar-refractivity contribution in [2.24, 2.45) is 5.92 Å². The van der Waals surface area contributed by atoms with Gasteiger partial charge in [0.1, 0.15) is 41.8 Å². The molecule has 5 atom stereocenters. The van der Waals surface area contributed by atoms with Crippen LogP contribution in [0.25, 0.3) is 32.9 Å². The molecule has 3 aliphatic heterocycles. The predicted molar refractivity (Wildman–Crippen MR) is 205 cm³/mol. The Morgan fingerprint density at radius 1 is 1.05 bits per heavy atom. The lowest BCUT2D eigenvalue weighted by Gasteiger charge is -2.34. The molecular weight excluding hydrogens is 760 g/mol. The molecule has 2 aromatic carbocycles. The van der Waals surface area contributed by atoms with E-state index in [9.17, 15) is 18.3 Å². The fourth-order valence-corrected chi connectivity index (χ4v) is 9.19. The number of anilines is 1. The summed E-state index contributed by atoms with van der Waals surface area (Å²) in [6.45, 7) is 3.65. The maximum atomic E-state index is 17.3. The number of fused-ring (bicyclic) bond motifs is 3. The number of phenolic OH excluding ortho intramolecular Hbond substituents is 1. The van der Waals surface area contributed by atoms with Gasteiger partial charge in [-0.1, -0.05) is 18.9 Å². The molecule has 0 spiro atoms. The number of nitrogens with zero attached hydrogens (tertiary/aromatic N) is 6. The summed E-state index contributed by atoms with van der Waals surface area (Å²) >= 11 is 0. The van der Waals surface area contributed by atoms with Crippen molar-refractivity contribution < 1.29 is 36.5 Å². The lowest BCUT2D eigenvalue weighted by molar-refractivity contribution is -0.145. The van der Waals surface area contributed by atoms with Crippen molar-refractivity contribution in [1.29, 1.82) is 0 Å². The van der Waals surface area contributed by atoms with E-state index in [-0.39, 0.29) is 70.7 Å². The number of benzene rings is 2. The van der Waals surface area contributed by atoms with Gasteiger partial charge in [-0.2, -0.15) is 28.1 Å². The molecule has 0 radical (unpaired) electrons. The minimum absolute atomic E-state index is 0.0307. The number of nitrogens with one attached hydrogen (secondary N) is 2. The van der Waals surface area contributed by atoms with E-state index in [1.165, 1.54) is 30.3 Å². The van der Waals surface area contributed by atoms with E-state index in [0.717, 1.165) is 51.3 Å². The van der Waals surface area contributed by atoms with Crippen LogP contribution < -0.4 is 20.1 Å². The van der Waals surface area contributed by atoms with Gasteiger partial charge in [-0.3, -0.25) is 4.90 Å². The number of pyridine rings is 1. The van der Waals surface area contributed by atoms with E-state index in [1.54, 1.807) is 0 Å². The first-order chi connectivity index (χ1) is 27.9. The molecule has 58 heavy (non-hydrogen) atoms. The van der Waals surface area contributed by atoms with Crippen LogP contribution in [-0.2, 0) is 12.6 Å². The number of hydrogen-bond donors (Lipinski definition) is 3. The maximum Gasteiger partial charge on any atom is 0.451 e. The summed E-state index contributed by atoms with van der Waals surface area (Å²) in [5, 5.41) is 19.1. The molecule has 1 aliphatic carbocycles. The first kappa shape index (κ1) is 38.1. The van der Waals surface area contributed by atoms with Gasteiger partial charge in [0, 0.05) is 47.9 Å². The van der Waals surface area contributed by atoms with Gasteiger partial charge < -0.3 is 25.2 Å². The number of aromatic hydroxyl groups is 1. The van der Waals surface area contributed by atoms with Crippen LogP contribution in [0.15, 0.2) is 36.5 Å². The van der Waals surface area contributed by atoms with Gasteiger partial charge in [0.15, 0.2) is 5.82 Å². The third kappa shape index (κ3) is 6.97. The molecule has 9 rings (SSSR count). The summed E-state index contributed by atoms with van der Waals surface area (Å²) in [6, 6.07) is 7.13. The van der Waals surface area contributed by atoms with Crippen molar-refractivity contribution in [3.63, 3.8) is 0 Å². The first-order valence-corrected chi connectivity index (χ1v) is 19.7. The maximum absolute atomic E-state index is 17.3. The van der Waals surface area contributed by atoms with Gasteiger partial charge in [0.2, 0.25) is 11.7 Å². The first-order valence-electron chi connectivity index (χ1n) is 19.7. The number of rotatable bonds is 8. The van der Waals surface area contributed by atoms with Crippen LogP contribution in [0.5, 0.6) is 17.6 Å². The van der Waals surface area contributed by atoms with E-state index in [0.29, 0.717) is 53.6 Å². The number of phenols is 1. The van der Waals surface area contributed by atoms with Crippen LogP contribution >= 0.6 is 0 Å². The minimum atomic E-state index is -4.69. The minimum Gasteiger partial charge on any atom is -0.508 e. The zero-order valence-electron chi connectivity index (χ0n) is 31.7.